The molecule has 23 heteroatoms. The number of aliphatic hydroxyl groups is 1. The molecular weight excluding hydrogens is 777 g/mol. The predicted molar refractivity (Wildman–Crippen MR) is 199 cm³/mol. The van der Waals surface area contributed by atoms with Crippen LogP contribution < -0.4 is 32.3 Å². The Labute approximate surface area is 326 Å². The van der Waals surface area contributed by atoms with Crippen molar-refractivity contribution in [3.05, 3.63) is 54.1 Å². The Morgan fingerprint density at radius 2 is 1.59 bits per heavy atom. The van der Waals surface area contributed by atoms with E-state index in [2.05, 4.69) is 41.1 Å². The Kier molecular flexibility index (Phi) is 17.4. The molecule has 2 heterocycles. The van der Waals surface area contributed by atoms with Crippen molar-refractivity contribution in [1.82, 2.24) is 41.5 Å². The molecule has 6 atom stereocenters. The Morgan fingerprint density at radius 1 is 0.946 bits per heavy atom. The van der Waals surface area contributed by atoms with E-state index in [4.69, 9.17) is 5.73 Å². The number of primary amides is 1. The molecule has 308 valence electrons. The maximum absolute atomic E-state index is 13.8. The average molecular weight is 826 g/mol. The first-order valence-corrected chi connectivity index (χ1v) is 20.1. The van der Waals surface area contributed by atoms with Gasteiger partial charge in [0, 0.05) is 30.6 Å². The molecular formula is C33H48N9O12PS. The zero-order valence-corrected chi connectivity index (χ0v) is 32.6. The van der Waals surface area contributed by atoms with Gasteiger partial charge in [-0.25, -0.2) is 9.55 Å². The number of nitrogens with one attached hydrogen (secondary N) is 6. The van der Waals surface area contributed by atoms with E-state index in [1.54, 1.807) is 44.2 Å². The van der Waals surface area contributed by atoms with Crippen LogP contribution in [0.3, 0.4) is 0 Å². The summed E-state index contributed by atoms with van der Waals surface area (Å²) in [6, 6.07) is 0.863. The number of aliphatic hydroxyl groups excluding tert-OH is 1. The van der Waals surface area contributed by atoms with Crippen molar-refractivity contribution >= 4 is 60.9 Å². The molecule has 21 nitrogen and oxygen atoms in total. The number of thioether (sulfide) groups is 1. The summed E-state index contributed by atoms with van der Waals surface area (Å²) in [7, 11) is -5.27. The highest BCUT2D eigenvalue weighted by atomic mass is 32.2. The van der Waals surface area contributed by atoms with Crippen molar-refractivity contribution < 1.29 is 57.5 Å². The van der Waals surface area contributed by atoms with Crippen LogP contribution in [0, 0.1) is 5.92 Å². The highest BCUT2D eigenvalue weighted by Crippen LogP contribution is 2.38. The zero-order chi connectivity index (χ0) is 41.6. The summed E-state index contributed by atoms with van der Waals surface area (Å²) >= 11 is 0.870. The summed E-state index contributed by atoms with van der Waals surface area (Å²) in [6.07, 6.45) is 0.853. The van der Waals surface area contributed by atoms with Crippen LogP contribution in [-0.2, 0) is 55.6 Å². The molecule has 1 aliphatic rings. The molecule has 11 N–H and O–H groups in total. The molecule has 1 aromatic carbocycles. The van der Waals surface area contributed by atoms with E-state index in [1.807, 2.05) is 0 Å². The second-order valence-electron chi connectivity index (χ2n) is 13.3. The molecule has 0 bridgehead atoms. The third-order valence-electron chi connectivity index (χ3n) is 8.21. The summed E-state index contributed by atoms with van der Waals surface area (Å²) in [5.41, 5.74) is 6.58. The van der Waals surface area contributed by atoms with Crippen LogP contribution >= 0.6 is 19.6 Å². The van der Waals surface area contributed by atoms with Gasteiger partial charge >= 0.3 is 7.82 Å². The number of amides is 7. The van der Waals surface area contributed by atoms with E-state index in [0.717, 1.165) is 18.7 Å². The number of aromatic amines is 1. The van der Waals surface area contributed by atoms with Crippen molar-refractivity contribution in [3.63, 3.8) is 0 Å². The number of hydrogen-bond donors (Lipinski definition) is 10. The van der Waals surface area contributed by atoms with Crippen molar-refractivity contribution in [1.29, 1.82) is 0 Å². The number of nitrogens with two attached hydrogens (primary N) is 1. The third-order valence-corrected chi connectivity index (χ3v) is 9.84. The molecule has 1 aromatic heterocycles. The molecule has 0 radical (unpaired) electrons. The van der Waals surface area contributed by atoms with Crippen molar-refractivity contribution in [2.24, 2.45) is 11.7 Å². The van der Waals surface area contributed by atoms with Gasteiger partial charge in [0.15, 0.2) is 0 Å². The minimum Gasteiger partial charge on any atom is -0.394 e. The van der Waals surface area contributed by atoms with Crippen LogP contribution in [0.5, 0.6) is 0 Å². The van der Waals surface area contributed by atoms with Gasteiger partial charge in [-0.1, -0.05) is 44.2 Å². The topological polar surface area (TPSA) is 325 Å². The summed E-state index contributed by atoms with van der Waals surface area (Å²) < 4.78 is 16.3. The number of aromatic nitrogens is 2. The van der Waals surface area contributed by atoms with Gasteiger partial charge < -0.3 is 57.1 Å². The molecule has 3 rings (SSSR count). The van der Waals surface area contributed by atoms with Crippen molar-refractivity contribution in [3.8, 4) is 0 Å². The Balaban J connectivity index is 2.06. The number of H-pyrrole nitrogens is 1. The van der Waals surface area contributed by atoms with Gasteiger partial charge in [-0.3, -0.25) is 38.1 Å². The highest BCUT2D eigenvalue weighted by Gasteiger charge is 2.37. The third kappa shape index (κ3) is 15.0. The number of phosphoric acid groups is 1. The van der Waals surface area contributed by atoms with E-state index in [-0.39, 0.29) is 36.8 Å². The lowest BCUT2D eigenvalue weighted by Crippen LogP contribution is -2.62. The van der Waals surface area contributed by atoms with Crippen LogP contribution in [0.4, 0.5) is 0 Å². The number of benzene rings is 1. The average Bonchev–Trinajstić information content (AvgIpc) is 3.63. The monoisotopic (exact) mass is 825 g/mol. The van der Waals surface area contributed by atoms with Gasteiger partial charge in [0.2, 0.25) is 41.4 Å². The number of carbonyl (C=O) groups is 7. The smallest absolute Gasteiger partial charge is 0.394 e. The van der Waals surface area contributed by atoms with Crippen LogP contribution in [0.2, 0.25) is 0 Å². The van der Waals surface area contributed by atoms with Crippen LogP contribution in [0.1, 0.15) is 38.4 Å². The van der Waals surface area contributed by atoms with Gasteiger partial charge in [-0.05, 0) is 24.8 Å². The van der Waals surface area contributed by atoms with E-state index < -0.39 is 98.6 Å². The van der Waals surface area contributed by atoms with Crippen molar-refractivity contribution in [2.45, 2.75) is 76.5 Å². The van der Waals surface area contributed by atoms with Gasteiger partial charge in [0.05, 0.1) is 31.3 Å². The molecule has 0 unspecified atom stereocenters. The SMILES string of the molecule is CC(C)C[C@@H]1NC(=O)CN(Cc2ccccc2)C(=O)CSC[C@H](C(N)=O)NC(=O)[C@H]([C@@H](C)OP(=O)(O)O)NC(=O)[C@H](CO)NC(=O)[C@H](Cc2cnc[nH]2)NC1=O. The van der Waals surface area contributed by atoms with E-state index >= 15 is 0 Å². The molecule has 0 aliphatic carbocycles. The second-order valence-corrected chi connectivity index (χ2v) is 15.6. The molecule has 2 aromatic rings. The number of rotatable bonds is 11. The fourth-order valence-corrected chi connectivity index (χ4v) is 6.97. The molecule has 0 spiro atoms. The van der Waals surface area contributed by atoms with Crippen LogP contribution in [0.15, 0.2) is 42.9 Å². The first-order valence-electron chi connectivity index (χ1n) is 17.4. The predicted octanol–water partition coefficient (Wildman–Crippen LogP) is -2.83. The highest BCUT2D eigenvalue weighted by molar-refractivity contribution is 8.00. The molecule has 7 amide bonds. The number of hydrogen-bond acceptors (Lipinski definition) is 12. The van der Waals surface area contributed by atoms with Crippen molar-refractivity contribution in [2.75, 3.05) is 24.7 Å². The number of imidazole rings is 1. The van der Waals surface area contributed by atoms with Gasteiger partial charge in [-0.15, -0.1) is 11.8 Å². The lowest BCUT2D eigenvalue weighted by molar-refractivity contribution is -0.137. The largest absolute Gasteiger partial charge is 0.469 e. The summed E-state index contributed by atoms with van der Waals surface area (Å²) in [4.78, 5) is 121. The van der Waals surface area contributed by atoms with Gasteiger partial charge in [0.1, 0.15) is 30.2 Å². The zero-order valence-electron chi connectivity index (χ0n) is 30.9. The minimum absolute atomic E-state index is 0.0119. The molecule has 1 fully saturated rings. The number of carbonyl (C=O) groups excluding carboxylic acids is 7. The van der Waals surface area contributed by atoms with Gasteiger partial charge in [0.25, 0.3) is 0 Å². The second kappa shape index (κ2) is 21.4. The maximum atomic E-state index is 13.8. The minimum atomic E-state index is -5.27. The standard InChI is InChI=1S/C33H48N9O12PS/c1-18(2)9-22-30(47)38-23(10-21-11-35-17-36-21)31(48)39-24(14-43)32(49)41-28(19(3)54-55(51,52)53)33(50)40-25(29(34)46)15-56-16-27(45)42(13-26(44)37-22)12-20-7-5-4-6-8-20/h4-8,11,17-19,22-25,28,43H,9-10,12-16H2,1-3H3,(H2,34,46)(H,35,36)(H,37,44)(H,38,47)(H,39,48)(H,40,50)(H,41,49)(H2,51,52,53)/t19-,22+,23+,24+,25-,28+/m1/s1. The molecule has 0 saturated carbocycles. The first kappa shape index (κ1) is 45.5. The summed E-state index contributed by atoms with van der Waals surface area (Å²) in [6.45, 7) is 3.09. The van der Waals surface area contributed by atoms with E-state index in [1.165, 1.54) is 17.4 Å². The first-order chi connectivity index (χ1) is 26.4. The number of phosphoric ester groups is 1. The molecule has 56 heavy (non-hydrogen) atoms. The fraction of sp³-hybridized carbons (Fsp3) is 0.515. The Hall–Kier alpha value is -4.86. The molecule has 1 saturated heterocycles. The quantitative estimate of drug-likeness (QED) is 0.102. The number of nitrogens with zero attached hydrogens (tertiary/aromatic N) is 2. The molecule has 1 aliphatic heterocycles. The Morgan fingerprint density at radius 3 is 2.18 bits per heavy atom. The summed E-state index contributed by atoms with van der Waals surface area (Å²) in [5.74, 6) is -7.26. The van der Waals surface area contributed by atoms with Gasteiger partial charge in [-0.2, -0.15) is 0 Å². The fourth-order valence-electron chi connectivity index (χ4n) is 5.46. The summed E-state index contributed by atoms with van der Waals surface area (Å²) in [5, 5.41) is 22.1. The van der Waals surface area contributed by atoms with E-state index in [9.17, 15) is 53.0 Å². The van der Waals surface area contributed by atoms with Crippen LogP contribution in [-0.4, -0.2) is 132 Å². The lowest BCUT2D eigenvalue weighted by Gasteiger charge is -2.28. The normalized spacial score (nSPS) is 23.6. The maximum Gasteiger partial charge on any atom is 0.469 e. The Bertz CT molecular complexity index is 1730. The van der Waals surface area contributed by atoms with Crippen LogP contribution in [0.25, 0.3) is 0 Å². The lowest BCUT2D eigenvalue weighted by atomic mass is 10.0. The van der Waals surface area contributed by atoms with E-state index in [0.29, 0.717) is 11.3 Å².